The molecule has 0 fully saturated rings. The van der Waals surface area contributed by atoms with Crippen LogP contribution in [0.4, 0.5) is 5.69 Å². The molecule has 0 aliphatic carbocycles. The summed E-state index contributed by atoms with van der Waals surface area (Å²) in [6, 6.07) is 6.19. The molecule has 0 radical (unpaired) electrons. The van der Waals surface area contributed by atoms with Gasteiger partial charge < -0.3 is 23.9 Å². The summed E-state index contributed by atoms with van der Waals surface area (Å²) in [6.07, 6.45) is 1.27. The van der Waals surface area contributed by atoms with Crippen molar-refractivity contribution in [2.75, 3.05) is 26.1 Å². The molecule has 0 saturated carbocycles. The average Bonchev–Trinajstić information content (AvgIpc) is 2.54. The quantitative estimate of drug-likeness (QED) is 0.876. The number of rotatable bonds is 6. The summed E-state index contributed by atoms with van der Waals surface area (Å²) in [5, 5.41) is 2.64. The summed E-state index contributed by atoms with van der Waals surface area (Å²) in [7, 11) is 3.03. The first-order valence-corrected chi connectivity index (χ1v) is 6.78. The van der Waals surface area contributed by atoms with E-state index in [9.17, 15) is 9.59 Å². The number of nitrogens with one attached hydrogen (secondary N) is 1. The molecule has 1 heterocycles. The van der Waals surface area contributed by atoms with Gasteiger partial charge in [0, 0.05) is 17.8 Å². The molecule has 0 aliphatic rings. The molecule has 0 spiro atoms. The third-order valence-corrected chi connectivity index (χ3v) is 3.02. The Morgan fingerprint density at radius 2 is 1.91 bits per heavy atom. The summed E-state index contributed by atoms with van der Waals surface area (Å²) in [6.45, 7) is 1.27. The van der Waals surface area contributed by atoms with Crippen LogP contribution in [-0.4, -0.2) is 26.7 Å². The SMILES string of the molecule is COc1ccc(NC(=O)COc2c(C)occc2=O)cc1OC. The Balaban J connectivity index is 2.01. The molecule has 23 heavy (non-hydrogen) atoms. The zero-order chi connectivity index (χ0) is 16.8. The molecule has 0 bridgehead atoms. The second kappa shape index (κ2) is 7.35. The first-order valence-electron chi connectivity index (χ1n) is 6.78. The second-order valence-corrected chi connectivity index (χ2v) is 4.58. The second-order valence-electron chi connectivity index (χ2n) is 4.58. The third kappa shape index (κ3) is 4.03. The largest absolute Gasteiger partial charge is 0.493 e. The van der Waals surface area contributed by atoms with E-state index in [1.807, 2.05) is 0 Å². The molecule has 7 nitrogen and oxygen atoms in total. The van der Waals surface area contributed by atoms with Gasteiger partial charge in [-0.3, -0.25) is 9.59 Å². The fraction of sp³-hybridized carbons (Fsp3) is 0.250. The van der Waals surface area contributed by atoms with Crippen LogP contribution >= 0.6 is 0 Å². The van der Waals surface area contributed by atoms with Crippen LogP contribution in [-0.2, 0) is 4.79 Å². The summed E-state index contributed by atoms with van der Waals surface area (Å²) >= 11 is 0. The molecular weight excluding hydrogens is 302 g/mol. The zero-order valence-electron chi connectivity index (χ0n) is 13.0. The van der Waals surface area contributed by atoms with Crippen LogP contribution < -0.4 is 25.0 Å². The lowest BCUT2D eigenvalue weighted by molar-refractivity contribution is -0.118. The minimum Gasteiger partial charge on any atom is -0.493 e. The van der Waals surface area contributed by atoms with Crippen molar-refractivity contribution in [1.82, 2.24) is 0 Å². The molecule has 0 unspecified atom stereocenters. The van der Waals surface area contributed by atoms with Gasteiger partial charge in [0.1, 0.15) is 5.76 Å². The minimum absolute atomic E-state index is 0.0231. The van der Waals surface area contributed by atoms with Crippen LogP contribution in [0.3, 0.4) is 0 Å². The van der Waals surface area contributed by atoms with Crippen molar-refractivity contribution in [3.63, 3.8) is 0 Å². The number of hydrogen-bond donors (Lipinski definition) is 1. The van der Waals surface area contributed by atoms with Crippen molar-refractivity contribution in [2.45, 2.75) is 6.92 Å². The minimum atomic E-state index is -0.417. The normalized spacial score (nSPS) is 10.0. The van der Waals surface area contributed by atoms with Gasteiger partial charge >= 0.3 is 0 Å². The molecule has 2 rings (SSSR count). The Bertz CT molecular complexity index is 752. The van der Waals surface area contributed by atoms with Crippen LogP contribution in [0.25, 0.3) is 0 Å². The number of aryl methyl sites for hydroxylation is 1. The predicted molar refractivity (Wildman–Crippen MR) is 83.4 cm³/mol. The Hall–Kier alpha value is -2.96. The highest BCUT2D eigenvalue weighted by atomic mass is 16.5. The maximum absolute atomic E-state index is 11.9. The van der Waals surface area contributed by atoms with Gasteiger partial charge in [0.25, 0.3) is 5.91 Å². The molecule has 1 aromatic carbocycles. The maximum Gasteiger partial charge on any atom is 0.262 e. The summed E-state index contributed by atoms with van der Waals surface area (Å²) in [5.41, 5.74) is 0.181. The number of hydrogen-bond acceptors (Lipinski definition) is 6. The van der Waals surface area contributed by atoms with Crippen LogP contribution in [0.5, 0.6) is 17.2 Å². The lowest BCUT2D eigenvalue weighted by Crippen LogP contribution is -2.22. The predicted octanol–water partition coefficient (Wildman–Crippen LogP) is 1.98. The first kappa shape index (κ1) is 16.4. The van der Waals surface area contributed by atoms with E-state index in [-0.39, 0.29) is 17.8 Å². The highest BCUT2D eigenvalue weighted by Gasteiger charge is 2.11. The lowest BCUT2D eigenvalue weighted by atomic mass is 10.2. The highest BCUT2D eigenvalue weighted by Crippen LogP contribution is 2.29. The van der Waals surface area contributed by atoms with E-state index in [2.05, 4.69) is 5.32 Å². The van der Waals surface area contributed by atoms with Crippen LogP contribution in [0.15, 0.2) is 39.7 Å². The van der Waals surface area contributed by atoms with Gasteiger partial charge in [-0.2, -0.15) is 0 Å². The molecule has 1 amide bonds. The number of methoxy groups -OCH3 is 2. The Kier molecular flexibility index (Phi) is 5.24. The molecule has 2 aromatic rings. The van der Waals surface area contributed by atoms with Crippen molar-refractivity contribution >= 4 is 11.6 Å². The van der Waals surface area contributed by atoms with Crippen molar-refractivity contribution in [3.05, 3.63) is 46.5 Å². The summed E-state index contributed by atoms with van der Waals surface area (Å²) < 4.78 is 20.6. The van der Waals surface area contributed by atoms with Crippen LogP contribution in [0.1, 0.15) is 5.76 Å². The van der Waals surface area contributed by atoms with Crippen molar-refractivity contribution < 1.29 is 23.4 Å². The molecule has 0 atom stereocenters. The summed E-state index contributed by atoms with van der Waals surface area (Å²) in [4.78, 5) is 23.5. The van der Waals surface area contributed by atoms with Gasteiger partial charge in [-0.05, 0) is 19.1 Å². The van der Waals surface area contributed by atoms with Crippen molar-refractivity contribution in [3.8, 4) is 17.2 Å². The molecule has 1 N–H and O–H groups in total. The standard InChI is InChI=1S/C16H17NO6/c1-10-16(12(18)6-7-22-10)23-9-15(19)17-11-4-5-13(20-2)14(8-11)21-3/h4-8H,9H2,1-3H3,(H,17,19). The lowest BCUT2D eigenvalue weighted by Gasteiger charge is -2.11. The first-order chi connectivity index (χ1) is 11.0. The topological polar surface area (TPSA) is 87.0 Å². The van der Waals surface area contributed by atoms with Gasteiger partial charge in [0.2, 0.25) is 11.2 Å². The van der Waals surface area contributed by atoms with E-state index >= 15 is 0 Å². The Labute approximate surface area is 132 Å². The van der Waals surface area contributed by atoms with Gasteiger partial charge in [-0.15, -0.1) is 0 Å². The number of ether oxygens (including phenoxy) is 3. The van der Waals surface area contributed by atoms with Crippen LogP contribution in [0, 0.1) is 6.92 Å². The summed E-state index contributed by atoms with van der Waals surface area (Å²) in [5.74, 6) is 0.969. The smallest absolute Gasteiger partial charge is 0.262 e. The average molecular weight is 319 g/mol. The molecule has 1 aromatic heterocycles. The van der Waals surface area contributed by atoms with Crippen molar-refractivity contribution in [2.24, 2.45) is 0 Å². The van der Waals surface area contributed by atoms with Crippen molar-refractivity contribution in [1.29, 1.82) is 0 Å². The monoisotopic (exact) mass is 319 g/mol. The number of carbonyl (C=O) groups excluding carboxylic acids is 1. The van der Waals surface area contributed by atoms with E-state index in [0.29, 0.717) is 22.9 Å². The number of anilines is 1. The maximum atomic E-state index is 11.9. The number of amides is 1. The zero-order valence-corrected chi connectivity index (χ0v) is 13.0. The number of benzene rings is 1. The van der Waals surface area contributed by atoms with Gasteiger partial charge in [0.05, 0.1) is 20.5 Å². The van der Waals surface area contributed by atoms with E-state index < -0.39 is 5.91 Å². The Morgan fingerprint density at radius 1 is 1.17 bits per heavy atom. The fourth-order valence-electron chi connectivity index (χ4n) is 1.92. The molecule has 122 valence electrons. The van der Waals surface area contributed by atoms with E-state index in [1.54, 1.807) is 25.1 Å². The molecule has 7 heteroatoms. The van der Waals surface area contributed by atoms with E-state index in [4.69, 9.17) is 18.6 Å². The van der Waals surface area contributed by atoms with Crippen LogP contribution in [0.2, 0.25) is 0 Å². The van der Waals surface area contributed by atoms with Gasteiger partial charge in [-0.1, -0.05) is 0 Å². The van der Waals surface area contributed by atoms with E-state index in [0.717, 1.165) is 0 Å². The molecular formula is C16H17NO6. The fourth-order valence-corrected chi connectivity index (χ4v) is 1.92. The highest BCUT2D eigenvalue weighted by molar-refractivity contribution is 5.92. The third-order valence-electron chi connectivity index (χ3n) is 3.02. The van der Waals surface area contributed by atoms with Gasteiger partial charge in [0.15, 0.2) is 18.1 Å². The molecule has 0 saturated heterocycles. The van der Waals surface area contributed by atoms with E-state index in [1.165, 1.54) is 26.5 Å². The number of carbonyl (C=O) groups is 1. The Morgan fingerprint density at radius 3 is 2.57 bits per heavy atom. The van der Waals surface area contributed by atoms with Gasteiger partial charge in [-0.25, -0.2) is 0 Å². The molecule has 0 aliphatic heterocycles.